The molecule has 1 aromatic carbocycles. The van der Waals surface area contributed by atoms with E-state index < -0.39 is 11.9 Å². The first kappa shape index (κ1) is 21.1. The first-order valence-corrected chi connectivity index (χ1v) is 9.26. The molecule has 0 aliphatic carbocycles. The zero-order valence-corrected chi connectivity index (χ0v) is 15.7. The molecule has 4 N–H and O–H groups in total. The molecule has 1 heterocycles. The van der Waals surface area contributed by atoms with Crippen LogP contribution in [0.15, 0.2) is 24.3 Å². The minimum atomic E-state index is -0.516. The van der Waals surface area contributed by atoms with E-state index in [1.807, 2.05) is 13.8 Å². The van der Waals surface area contributed by atoms with E-state index in [1.54, 1.807) is 0 Å². The smallest absolute Gasteiger partial charge is 0.314 e. The molecule has 1 saturated heterocycles. The summed E-state index contributed by atoms with van der Waals surface area (Å²) in [7, 11) is 0. The second kappa shape index (κ2) is 10.2. The average Bonchev–Trinajstić information content (AvgIpc) is 2.62. The summed E-state index contributed by atoms with van der Waals surface area (Å²) >= 11 is 0. The van der Waals surface area contributed by atoms with E-state index in [9.17, 15) is 19.1 Å². The van der Waals surface area contributed by atoms with Crippen molar-refractivity contribution in [3.8, 4) is 0 Å². The molecule has 3 amide bonds. The van der Waals surface area contributed by atoms with Gasteiger partial charge in [-0.15, -0.1) is 0 Å². The summed E-state index contributed by atoms with van der Waals surface area (Å²) in [6.07, 6.45) is 1.37. The Morgan fingerprint density at radius 3 is 2.59 bits per heavy atom. The Kier molecular flexibility index (Phi) is 7.99. The Morgan fingerprint density at radius 2 is 1.96 bits per heavy atom. The number of ether oxygens (including phenoxy) is 1. The number of hydrogen-bond acceptors (Lipinski definition) is 4. The van der Waals surface area contributed by atoms with Crippen molar-refractivity contribution in [2.45, 2.75) is 57.4 Å². The number of urea groups is 1. The highest BCUT2D eigenvalue weighted by Gasteiger charge is 2.31. The van der Waals surface area contributed by atoms with Crippen molar-refractivity contribution in [2.24, 2.45) is 0 Å². The molecule has 0 unspecified atom stereocenters. The van der Waals surface area contributed by atoms with Gasteiger partial charge in [0.1, 0.15) is 11.9 Å². The molecule has 0 spiro atoms. The van der Waals surface area contributed by atoms with Crippen LogP contribution in [0.3, 0.4) is 0 Å². The van der Waals surface area contributed by atoms with E-state index in [0.29, 0.717) is 31.4 Å². The van der Waals surface area contributed by atoms with Gasteiger partial charge in [-0.3, -0.25) is 4.79 Å². The number of carbonyl (C=O) groups is 2. The Labute approximate surface area is 158 Å². The number of halogens is 1. The highest BCUT2D eigenvalue weighted by molar-refractivity contribution is 5.94. The van der Waals surface area contributed by atoms with Crippen molar-refractivity contribution in [1.82, 2.24) is 16.0 Å². The molecule has 0 bridgehead atoms. The number of aliphatic hydroxyl groups is 1. The quantitative estimate of drug-likeness (QED) is 0.576. The molecule has 0 radical (unpaired) electrons. The van der Waals surface area contributed by atoms with E-state index in [1.165, 1.54) is 24.3 Å². The normalized spacial score (nSPS) is 22.3. The van der Waals surface area contributed by atoms with E-state index in [4.69, 9.17) is 4.74 Å². The van der Waals surface area contributed by atoms with Crippen molar-refractivity contribution in [2.75, 3.05) is 13.2 Å². The molecule has 1 aliphatic heterocycles. The third-order valence-corrected chi connectivity index (χ3v) is 4.39. The summed E-state index contributed by atoms with van der Waals surface area (Å²) in [6.45, 7) is 4.02. The van der Waals surface area contributed by atoms with Gasteiger partial charge >= 0.3 is 6.03 Å². The van der Waals surface area contributed by atoms with E-state index in [-0.39, 0.29) is 36.7 Å². The molecular weight excluding hydrogens is 353 g/mol. The largest absolute Gasteiger partial charge is 0.394 e. The maximum absolute atomic E-state index is 13.0. The highest BCUT2D eigenvalue weighted by atomic mass is 19.1. The van der Waals surface area contributed by atoms with E-state index in [2.05, 4.69) is 16.0 Å². The van der Waals surface area contributed by atoms with Crippen molar-refractivity contribution in [3.63, 3.8) is 0 Å². The van der Waals surface area contributed by atoms with Crippen LogP contribution in [0.4, 0.5) is 9.18 Å². The summed E-state index contributed by atoms with van der Waals surface area (Å²) in [5.41, 5.74) is 0.357. The van der Waals surface area contributed by atoms with Gasteiger partial charge in [0.25, 0.3) is 5.91 Å². The Balaban J connectivity index is 1.79. The predicted octanol–water partition coefficient (Wildman–Crippen LogP) is 1.56. The molecule has 27 heavy (non-hydrogen) atoms. The van der Waals surface area contributed by atoms with Crippen molar-refractivity contribution in [1.29, 1.82) is 0 Å². The van der Waals surface area contributed by atoms with Gasteiger partial charge in [0.2, 0.25) is 0 Å². The number of benzene rings is 1. The topological polar surface area (TPSA) is 99.7 Å². The van der Waals surface area contributed by atoms with Crippen LogP contribution in [-0.4, -0.2) is 54.5 Å². The van der Waals surface area contributed by atoms with Crippen molar-refractivity contribution in [3.05, 3.63) is 35.6 Å². The van der Waals surface area contributed by atoms with Gasteiger partial charge in [-0.2, -0.15) is 0 Å². The molecule has 0 aromatic heterocycles. The summed E-state index contributed by atoms with van der Waals surface area (Å²) in [5, 5.41) is 18.0. The monoisotopic (exact) mass is 381 g/mol. The molecule has 1 fully saturated rings. The third-order valence-electron chi connectivity index (χ3n) is 4.39. The number of amides is 3. The van der Waals surface area contributed by atoms with Crippen LogP contribution >= 0.6 is 0 Å². The van der Waals surface area contributed by atoms with Crippen LogP contribution in [0, 0.1) is 5.82 Å². The van der Waals surface area contributed by atoms with Crippen LogP contribution in [0.2, 0.25) is 0 Å². The number of rotatable bonds is 7. The first-order valence-electron chi connectivity index (χ1n) is 9.26. The zero-order chi connectivity index (χ0) is 19.8. The maximum Gasteiger partial charge on any atom is 0.314 e. The van der Waals surface area contributed by atoms with Crippen molar-refractivity contribution >= 4 is 11.9 Å². The van der Waals surface area contributed by atoms with E-state index in [0.717, 1.165) is 0 Å². The lowest BCUT2D eigenvalue weighted by Crippen LogP contribution is -2.51. The van der Waals surface area contributed by atoms with Gasteiger partial charge in [0.15, 0.2) is 0 Å². The lowest BCUT2D eigenvalue weighted by atomic mass is 9.96. The van der Waals surface area contributed by atoms with Crippen molar-refractivity contribution < 1.29 is 23.8 Å². The predicted molar refractivity (Wildman–Crippen MR) is 98.9 cm³/mol. The molecule has 3 atom stereocenters. The van der Waals surface area contributed by atoms with Gasteiger partial charge in [0.05, 0.1) is 18.8 Å². The Morgan fingerprint density at radius 1 is 1.26 bits per heavy atom. The fourth-order valence-corrected chi connectivity index (χ4v) is 3.02. The summed E-state index contributed by atoms with van der Waals surface area (Å²) < 4.78 is 18.8. The van der Waals surface area contributed by atoms with Gasteiger partial charge in [-0.25, -0.2) is 9.18 Å². The average molecular weight is 381 g/mol. The van der Waals surface area contributed by atoms with Crippen LogP contribution in [-0.2, 0) is 4.74 Å². The summed E-state index contributed by atoms with van der Waals surface area (Å²) in [5.74, 6) is -0.730. The molecule has 0 saturated carbocycles. The SMILES string of the molecule is CC(C)NC(=O)NCC[C@@H]1CC[C@H](NC(=O)c2ccc(F)cc2)[C@H](CO)O1. The second-order valence-electron chi connectivity index (χ2n) is 6.99. The second-order valence-corrected chi connectivity index (χ2v) is 6.99. The Hall–Kier alpha value is -2.19. The lowest BCUT2D eigenvalue weighted by molar-refractivity contribution is -0.0892. The standard InChI is InChI=1S/C19H28FN3O4/c1-12(2)22-19(26)21-10-9-15-7-8-16(17(11-24)27-15)23-18(25)13-3-5-14(20)6-4-13/h3-6,12,15-17,24H,7-11H2,1-2H3,(H,23,25)(H2,21,22,26)/t15-,16-,17-/m0/s1. The number of nitrogens with one attached hydrogen (secondary N) is 3. The molecule has 150 valence electrons. The first-order chi connectivity index (χ1) is 12.9. The lowest BCUT2D eigenvalue weighted by Gasteiger charge is -2.36. The molecule has 1 aromatic rings. The molecular formula is C19H28FN3O4. The Bertz CT molecular complexity index is 624. The van der Waals surface area contributed by atoms with Crippen LogP contribution in [0.1, 0.15) is 43.5 Å². The summed E-state index contributed by atoms with van der Waals surface area (Å²) in [4.78, 5) is 23.8. The molecule has 8 heteroatoms. The fourth-order valence-electron chi connectivity index (χ4n) is 3.02. The minimum Gasteiger partial charge on any atom is -0.394 e. The van der Waals surface area contributed by atoms with E-state index >= 15 is 0 Å². The number of carbonyl (C=O) groups excluding carboxylic acids is 2. The van der Waals surface area contributed by atoms with Gasteiger partial charge in [0, 0.05) is 18.2 Å². The third kappa shape index (κ3) is 6.80. The maximum atomic E-state index is 13.0. The van der Waals surface area contributed by atoms with Crippen LogP contribution in [0.5, 0.6) is 0 Å². The van der Waals surface area contributed by atoms with Crippen LogP contribution in [0.25, 0.3) is 0 Å². The van der Waals surface area contributed by atoms with Gasteiger partial charge < -0.3 is 25.8 Å². The highest BCUT2D eigenvalue weighted by Crippen LogP contribution is 2.22. The van der Waals surface area contributed by atoms with Gasteiger partial charge in [-0.05, 0) is 57.4 Å². The zero-order valence-electron chi connectivity index (χ0n) is 15.7. The molecule has 2 rings (SSSR count). The minimum absolute atomic E-state index is 0.0696. The number of hydrogen-bond donors (Lipinski definition) is 4. The van der Waals surface area contributed by atoms with Crippen LogP contribution < -0.4 is 16.0 Å². The van der Waals surface area contributed by atoms with Gasteiger partial charge in [-0.1, -0.05) is 0 Å². The summed E-state index contributed by atoms with van der Waals surface area (Å²) in [6, 6.07) is 4.82. The number of aliphatic hydroxyl groups excluding tert-OH is 1. The fraction of sp³-hybridized carbons (Fsp3) is 0.579. The molecule has 1 aliphatic rings. The molecule has 7 nitrogen and oxygen atoms in total.